The van der Waals surface area contributed by atoms with E-state index >= 15 is 0 Å². The summed E-state index contributed by atoms with van der Waals surface area (Å²) >= 11 is 0. The van der Waals surface area contributed by atoms with E-state index in [1.165, 1.54) is 0 Å². The minimum absolute atomic E-state index is 0.351. The molecule has 7 heteroatoms. The van der Waals surface area contributed by atoms with Gasteiger partial charge in [-0.1, -0.05) is 12.5 Å². The van der Waals surface area contributed by atoms with E-state index < -0.39 is 28.6 Å². The normalized spacial score (nSPS) is 37.7. The average molecular weight is 333 g/mol. The summed E-state index contributed by atoms with van der Waals surface area (Å²) in [6.45, 7) is 0. The van der Waals surface area contributed by atoms with Gasteiger partial charge in [-0.05, 0) is 18.9 Å². The molecule has 124 valence electrons. The van der Waals surface area contributed by atoms with Crippen molar-refractivity contribution in [2.75, 3.05) is 0 Å². The van der Waals surface area contributed by atoms with E-state index in [-0.39, 0.29) is 5.90 Å². The maximum atomic E-state index is 10.1. The Morgan fingerprint density at radius 1 is 1.20 bits per heavy atom. The number of pyridine rings is 1. The number of aromatic nitrogens is 1. The summed E-state index contributed by atoms with van der Waals surface area (Å²) in [5, 5.41) is 38.6. The first-order valence-electron chi connectivity index (χ1n) is 8.20. The SMILES string of the molecule is N#CC1(C#N)[C@H]2CCCC[C@]23OC(=N)[C@@]1(C#N)[C@H](c1cccnc1)O3. The Bertz CT molecular complexity index is 850. The van der Waals surface area contributed by atoms with E-state index in [9.17, 15) is 15.8 Å². The van der Waals surface area contributed by atoms with Gasteiger partial charge < -0.3 is 9.47 Å². The van der Waals surface area contributed by atoms with Crippen LogP contribution in [0.5, 0.6) is 0 Å². The Balaban J connectivity index is 2.02. The Kier molecular flexibility index (Phi) is 3.13. The third-order valence-electron chi connectivity index (χ3n) is 5.80. The van der Waals surface area contributed by atoms with Crippen molar-refractivity contribution in [2.45, 2.75) is 37.6 Å². The van der Waals surface area contributed by atoms with Gasteiger partial charge in [0.15, 0.2) is 10.8 Å². The average Bonchev–Trinajstić information content (AvgIpc) is 2.66. The highest BCUT2D eigenvalue weighted by Crippen LogP contribution is 2.69. The van der Waals surface area contributed by atoms with E-state index in [1.54, 1.807) is 24.5 Å². The van der Waals surface area contributed by atoms with Crippen LogP contribution in [-0.2, 0) is 9.47 Å². The molecule has 0 unspecified atom stereocenters. The molecule has 4 fully saturated rings. The van der Waals surface area contributed by atoms with E-state index in [1.807, 2.05) is 0 Å². The third kappa shape index (κ3) is 1.60. The van der Waals surface area contributed by atoms with Crippen LogP contribution in [-0.4, -0.2) is 16.7 Å². The van der Waals surface area contributed by atoms with Gasteiger partial charge in [-0.15, -0.1) is 0 Å². The van der Waals surface area contributed by atoms with Gasteiger partial charge in [0.2, 0.25) is 11.7 Å². The highest BCUT2D eigenvalue weighted by atomic mass is 16.7. The largest absolute Gasteiger partial charge is 0.447 e. The molecule has 25 heavy (non-hydrogen) atoms. The molecule has 4 aliphatic rings. The topological polar surface area (TPSA) is 127 Å². The lowest BCUT2D eigenvalue weighted by atomic mass is 9.48. The molecule has 0 amide bonds. The molecule has 7 nitrogen and oxygen atoms in total. The van der Waals surface area contributed by atoms with E-state index in [0.717, 1.165) is 12.8 Å². The molecule has 1 saturated carbocycles. The fraction of sp³-hybridized carbons (Fsp3) is 0.500. The van der Waals surface area contributed by atoms with Crippen molar-refractivity contribution in [3.63, 3.8) is 0 Å². The predicted octanol–water partition coefficient (Wildman–Crippen LogP) is 2.59. The maximum absolute atomic E-state index is 10.1. The third-order valence-corrected chi connectivity index (χ3v) is 5.80. The molecular weight excluding hydrogens is 318 g/mol. The summed E-state index contributed by atoms with van der Waals surface area (Å²) in [7, 11) is 0. The van der Waals surface area contributed by atoms with Crippen LogP contribution in [0.4, 0.5) is 0 Å². The lowest BCUT2D eigenvalue weighted by Gasteiger charge is -2.63. The van der Waals surface area contributed by atoms with Crippen LogP contribution in [0.25, 0.3) is 0 Å². The molecule has 1 N–H and O–H groups in total. The molecule has 5 rings (SSSR count). The Hall–Kier alpha value is -2.95. The second-order valence-electron chi connectivity index (χ2n) is 6.78. The minimum Gasteiger partial charge on any atom is -0.447 e. The molecule has 0 aromatic carbocycles. The van der Waals surface area contributed by atoms with Crippen molar-refractivity contribution in [1.82, 2.24) is 4.98 Å². The molecule has 4 atom stereocenters. The maximum Gasteiger partial charge on any atom is 0.218 e. The lowest BCUT2D eigenvalue weighted by Crippen LogP contribution is -2.73. The van der Waals surface area contributed by atoms with Crippen LogP contribution in [0.15, 0.2) is 24.5 Å². The number of ether oxygens (including phenoxy) is 2. The monoisotopic (exact) mass is 333 g/mol. The molecule has 1 aliphatic carbocycles. The van der Waals surface area contributed by atoms with Gasteiger partial charge in [0.1, 0.15) is 6.10 Å². The van der Waals surface area contributed by atoms with Gasteiger partial charge in [-0.3, -0.25) is 10.4 Å². The molecule has 4 heterocycles. The van der Waals surface area contributed by atoms with Crippen molar-refractivity contribution in [2.24, 2.45) is 16.7 Å². The van der Waals surface area contributed by atoms with Gasteiger partial charge in [0, 0.05) is 24.4 Å². The van der Waals surface area contributed by atoms with Crippen LogP contribution in [0, 0.1) is 56.2 Å². The van der Waals surface area contributed by atoms with Crippen molar-refractivity contribution in [3.8, 4) is 18.2 Å². The molecule has 1 aromatic heterocycles. The summed E-state index contributed by atoms with van der Waals surface area (Å²) in [5.41, 5.74) is -2.95. The smallest absolute Gasteiger partial charge is 0.218 e. The number of nitrogens with zero attached hydrogens (tertiary/aromatic N) is 4. The van der Waals surface area contributed by atoms with E-state index in [2.05, 4.69) is 23.2 Å². The number of nitriles is 3. The second-order valence-corrected chi connectivity index (χ2v) is 6.78. The summed E-state index contributed by atoms with van der Waals surface area (Å²) in [5.74, 6) is -2.12. The van der Waals surface area contributed by atoms with Crippen LogP contribution < -0.4 is 0 Å². The number of nitrogens with one attached hydrogen (secondary N) is 1. The predicted molar refractivity (Wildman–Crippen MR) is 83.3 cm³/mol. The van der Waals surface area contributed by atoms with Gasteiger partial charge >= 0.3 is 0 Å². The number of hydrogen-bond donors (Lipinski definition) is 1. The van der Waals surface area contributed by atoms with Gasteiger partial charge in [0.05, 0.1) is 24.1 Å². The van der Waals surface area contributed by atoms with Crippen molar-refractivity contribution in [1.29, 1.82) is 21.2 Å². The van der Waals surface area contributed by atoms with E-state index in [0.29, 0.717) is 18.4 Å². The zero-order chi connectivity index (χ0) is 17.7. The van der Waals surface area contributed by atoms with E-state index in [4.69, 9.17) is 14.9 Å². The number of fused-ring (bicyclic) bond motifs is 2. The van der Waals surface area contributed by atoms with Crippen molar-refractivity contribution < 1.29 is 9.47 Å². The minimum atomic E-state index is -1.82. The molecule has 3 saturated heterocycles. The van der Waals surface area contributed by atoms with Gasteiger partial charge in [-0.25, -0.2) is 0 Å². The van der Waals surface area contributed by atoms with Gasteiger partial charge in [0.25, 0.3) is 0 Å². The van der Waals surface area contributed by atoms with Crippen LogP contribution in [0.1, 0.15) is 37.4 Å². The fourth-order valence-corrected chi connectivity index (χ4v) is 4.67. The molecule has 1 spiro atoms. The molecule has 3 aliphatic heterocycles. The van der Waals surface area contributed by atoms with Gasteiger partial charge in [-0.2, -0.15) is 15.8 Å². The molecule has 1 aromatic rings. The summed E-state index contributed by atoms with van der Waals surface area (Å²) in [4.78, 5) is 4.07. The summed E-state index contributed by atoms with van der Waals surface area (Å²) in [6.07, 6.45) is 4.88. The Labute approximate surface area is 144 Å². The van der Waals surface area contributed by atoms with Crippen LogP contribution in [0.2, 0.25) is 0 Å². The quantitative estimate of drug-likeness (QED) is 0.841. The number of rotatable bonds is 1. The summed E-state index contributed by atoms with van der Waals surface area (Å²) in [6, 6.07) is 9.73. The van der Waals surface area contributed by atoms with Crippen LogP contribution >= 0.6 is 0 Å². The van der Waals surface area contributed by atoms with Crippen molar-refractivity contribution in [3.05, 3.63) is 30.1 Å². The molecule has 2 bridgehead atoms. The van der Waals surface area contributed by atoms with Crippen molar-refractivity contribution >= 4 is 5.90 Å². The summed E-state index contributed by atoms with van der Waals surface area (Å²) < 4.78 is 12.1. The zero-order valence-corrected chi connectivity index (χ0v) is 13.4. The first-order valence-corrected chi connectivity index (χ1v) is 8.20. The molecule has 0 radical (unpaired) electrons. The standard InChI is InChI=1S/C18H15N5O2/c19-9-16(10-20)13-5-1-2-6-18(13)24-14(12-4-3-7-23-8-12)17(16,11-21)15(22)25-18/h3-4,7-8,13-14,22H,1-2,5-6H2/t13-,14+,17-,18+/m1/s1. The lowest BCUT2D eigenvalue weighted by molar-refractivity contribution is -0.360. The van der Waals surface area contributed by atoms with Crippen LogP contribution in [0.3, 0.4) is 0 Å². The second kappa shape index (κ2) is 5.02. The highest BCUT2D eigenvalue weighted by Gasteiger charge is 2.80. The Morgan fingerprint density at radius 2 is 2.00 bits per heavy atom. The first kappa shape index (κ1) is 15.6. The zero-order valence-electron chi connectivity index (χ0n) is 13.4. The fourth-order valence-electron chi connectivity index (χ4n) is 4.67. The first-order chi connectivity index (χ1) is 12.1. The Morgan fingerprint density at radius 3 is 2.64 bits per heavy atom. The number of hydrogen-bond acceptors (Lipinski definition) is 7. The highest BCUT2D eigenvalue weighted by molar-refractivity contribution is 5.89. The molecular formula is C18H15N5O2.